The Labute approximate surface area is 122 Å². The van der Waals surface area contributed by atoms with E-state index in [2.05, 4.69) is 28.1 Å². The molecule has 2 unspecified atom stereocenters. The van der Waals surface area contributed by atoms with Gasteiger partial charge in [0.05, 0.1) is 13.2 Å². The molecule has 0 radical (unpaired) electrons. The quantitative estimate of drug-likeness (QED) is 0.929. The summed E-state index contributed by atoms with van der Waals surface area (Å²) in [6.45, 7) is 2.48. The van der Waals surface area contributed by atoms with Gasteiger partial charge in [-0.2, -0.15) is 0 Å². The van der Waals surface area contributed by atoms with Crippen molar-refractivity contribution in [2.24, 2.45) is 11.7 Å². The largest absolute Gasteiger partial charge is 0.493 e. The third-order valence-corrected chi connectivity index (χ3v) is 4.54. The number of ether oxygens (including phenoxy) is 2. The summed E-state index contributed by atoms with van der Waals surface area (Å²) in [5.74, 6) is 1.54. The van der Waals surface area contributed by atoms with Crippen LogP contribution in [0.15, 0.2) is 16.6 Å². The van der Waals surface area contributed by atoms with Crippen LogP contribution >= 0.6 is 15.9 Å². The summed E-state index contributed by atoms with van der Waals surface area (Å²) < 4.78 is 12.4. The Hall–Kier alpha value is -0.580. The Morgan fingerprint density at radius 3 is 3.05 bits per heavy atom. The van der Waals surface area contributed by atoms with E-state index in [1.807, 2.05) is 0 Å². The monoisotopic (exact) mass is 325 g/mol. The molecular weight excluding hydrogens is 306 g/mol. The van der Waals surface area contributed by atoms with Crippen LogP contribution in [0.1, 0.15) is 24.0 Å². The summed E-state index contributed by atoms with van der Waals surface area (Å²) >= 11 is 3.58. The van der Waals surface area contributed by atoms with Crippen LogP contribution in [0.4, 0.5) is 0 Å². The zero-order chi connectivity index (χ0) is 13.2. The van der Waals surface area contributed by atoms with E-state index in [0.717, 1.165) is 49.3 Å². The molecule has 1 aromatic carbocycles. The predicted molar refractivity (Wildman–Crippen MR) is 78.6 cm³/mol. The average molecular weight is 326 g/mol. The van der Waals surface area contributed by atoms with E-state index in [1.54, 1.807) is 0 Å². The minimum atomic E-state index is 0.155. The first kappa shape index (κ1) is 13.4. The lowest BCUT2D eigenvalue weighted by Gasteiger charge is -2.28. The molecule has 3 rings (SSSR count). The van der Waals surface area contributed by atoms with E-state index in [4.69, 9.17) is 15.2 Å². The number of fused-ring (bicyclic) bond motifs is 1. The molecule has 4 heteroatoms. The number of rotatable bonds is 3. The molecule has 2 aliphatic heterocycles. The van der Waals surface area contributed by atoms with Gasteiger partial charge >= 0.3 is 0 Å². The van der Waals surface area contributed by atoms with Crippen LogP contribution in [0, 0.1) is 5.92 Å². The maximum Gasteiger partial charge on any atom is 0.125 e. The van der Waals surface area contributed by atoms with Gasteiger partial charge in [0.2, 0.25) is 0 Å². The molecule has 104 valence electrons. The fourth-order valence-corrected chi connectivity index (χ4v) is 3.57. The molecule has 0 bridgehead atoms. The van der Waals surface area contributed by atoms with Crippen molar-refractivity contribution in [2.75, 3.05) is 19.8 Å². The molecule has 3 nitrogen and oxygen atoms in total. The van der Waals surface area contributed by atoms with E-state index >= 15 is 0 Å². The Bertz CT molecular complexity index is 458. The highest BCUT2D eigenvalue weighted by molar-refractivity contribution is 9.10. The molecule has 0 aromatic heterocycles. The maximum absolute atomic E-state index is 6.37. The molecule has 0 spiro atoms. The number of hydrogen-bond acceptors (Lipinski definition) is 3. The third kappa shape index (κ3) is 2.96. The normalized spacial score (nSPS) is 23.8. The predicted octanol–water partition coefficient (Wildman–Crippen LogP) is 2.68. The molecule has 0 saturated carbocycles. The van der Waals surface area contributed by atoms with Crippen LogP contribution in [0.25, 0.3) is 0 Å². The van der Waals surface area contributed by atoms with E-state index in [-0.39, 0.29) is 6.04 Å². The SMILES string of the molecule is NC(Cc1cc(Br)cc2c1OCC2)C1CCCOC1. The Morgan fingerprint density at radius 1 is 1.37 bits per heavy atom. The molecule has 2 heterocycles. The second-order valence-electron chi connectivity index (χ2n) is 5.50. The van der Waals surface area contributed by atoms with Gasteiger partial charge in [0.15, 0.2) is 0 Å². The lowest BCUT2D eigenvalue weighted by molar-refractivity contribution is 0.0449. The molecule has 1 fully saturated rings. The molecule has 0 aliphatic carbocycles. The van der Waals surface area contributed by atoms with Gasteiger partial charge in [-0.15, -0.1) is 0 Å². The second kappa shape index (κ2) is 5.81. The highest BCUT2D eigenvalue weighted by Gasteiger charge is 2.24. The first-order valence-corrected chi connectivity index (χ1v) is 7.81. The lowest BCUT2D eigenvalue weighted by Crippen LogP contribution is -2.37. The highest BCUT2D eigenvalue weighted by atomic mass is 79.9. The molecule has 2 aliphatic rings. The standard InChI is InChI=1S/C15H20BrNO2/c16-13-6-10-3-5-19-15(10)12(7-13)8-14(17)11-2-1-4-18-9-11/h6-7,11,14H,1-5,8-9,17H2. The van der Waals surface area contributed by atoms with Crippen LogP contribution in [-0.2, 0) is 17.6 Å². The van der Waals surface area contributed by atoms with Crippen molar-refractivity contribution in [1.82, 2.24) is 0 Å². The Balaban J connectivity index is 1.75. The van der Waals surface area contributed by atoms with Gasteiger partial charge in [0.1, 0.15) is 5.75 Å². The van der Waals surface area contributed by atoms with E-state index < -0.39 is 0 Å². The molecule has 2 atom stereocenters. The summed E-state index contributed by atoms with van der Waals surface area (Å²) in [7, 11) is 0. The van der Waals surface area contributed by atoms with E-state index in [1.165, 1.54) is 17.5 Å². The minimum absolute atomic E-state index is 0.155. The summed E-state index contributed by atoms with van der Waals surface area (Å²) in [5.41, 5.74) is 8.91. The first-order chi connectivity index (χ1) is 9.24. The number of nitrogens with two attached hydrogens (primary N) is 1. The maximum atomic E-state index is 6.37. The van der Waals surface area contributed by atoms with Crippen molar-refractivity contribution in [3.63, 3.8) is 0 Å². The van der Waals surface area contributed by atoms with Crippen molar-refractivity contribution in [1.29, 1.82) is 0 Å². The average Bonchev–Trinajstić information content (AvgIpc) is 2.88. The van der Waals surface area contributed by atoms with Crippen molar-refractivity contribution in [3.8, 4) is 5.75 Å². The van der Waals surface area contributed by atoms with Gasteiger partial charge in [0, 0.05) is 23.5 Å². The molecule has 0 amide bonds. The molecule has 19 heavy (non-hydrogen) atoms. The second-order valence-corrected chi connectivity index (χ2v) is 6.41. The van der Waals surface area contributed by atoms with Gasteiger partial charge in [-0.25, -0.2) is 0 Å². The number of benzene rings is 1. The molecular formula is C15H20BrNO2. The summed E-state index contributed by atoms with van der Waals surface area (Å²) in [6.07, 6.45) is 4.18. The van der Waals surface area contributed by atoms with Crippen molar-refractivity contribution in [3.05, 3.63) is 27.7 Å². The number of hydrogen-bond donors (Lipinski definition) is 1. The van der Waals surface area contributed by atoms with Crippen LogP contribution in [0.3, 0.4) is 0 Å². The fourth-order valence-electron chi connectivity index (χ4n) is 3.02. The smallest absolute Gasteiger partial charge is 0.125 e. The van der Waals surface area contributed by atoms with Gasteiger partial charge in [0.25, 0.3) is 0 Å². The third-order valence-electron chi connectivity index (χ3n) is 4.08. The summed E-state index contributed by atoms with van der Waals surface area (Å²) in [5, 5.41) is 0. The van der Waals surface area contributed by atoms with Crippen LogP contribution in [0.2, 0.25) is 0 Å². The van der Waals surface area contributed by atoms with Gasteiger partial charge in [-0.3, -0.25) is 0 Å². The van der Waals surface area contributed by atoms with Crippen LogP contribution in [-0.4, -0.2) is 25.9 Å². The Kier molecular flexibility index (Phi) is 4.10. The molecule has 1 saturated heterocycles. The molecule has 2 N–H and O–H groups in total. The zero-order valence-electron chi connectivity index (χ0n) is 11.0. The van der Waals surface area contributed by atoms with Gasteiger partial charge in [-0.1, -0.05) is 15.9 Å². The van der Waals surface area contributed by atoms with Crippen LogP contribution in [0.5, 0.6) is 5.75 Å². The summed E-state index contributed by atoms with van der Waals surface area (Å²) in [4.78, 5) is 0. The Morgan fingerprint density at radius 2 is 2.26 bits per heavy atom. The molecule has 1 aromatic rings. The highest BCUT2D eigenvalue weighted by Crippen LogP contribution is 2.34. The topological polar surface area (TPSA) is 44.5 Å². The van der Waals surface area contributed by atoms with Crippen LogP contribution < -0.4 is 10.5 Å². The van der Waals surface area contributed by atoms with E-state index in [9.17, 15) is 0 Å². The first-order valence-electron chi connectivity index (χ1n) is 7.01. The van der Waals surface area contributed by atoms with Crippen molar-refractivity contribution >= 4 is 15.9 Å². The number of halogens is 1. The van der Waals surface area contributed by atoms with Crippen molar-refractivity contribution in [2.45, 2.75) is 31.7 Å². The van der Waals surface area contributed by atoms with Gasteiger partial charge in [-0.05, 0) is 48.4 Å². The zero-order valence-corrected chi connectivity index (χ0v) is 12.6. The fraction of sp³-hybridized carbons (Fsp3) is 0.600. The summed E-state index contributed by atoms with van der Waals surface area (Å²) in [6, 6.07) is 4.46. The van der Waals surface area contributed by atoms with E-state index in [0.29, 0.717) is 5.92 Å². The minimum Gasteiger partial charge on any atom is -0.493 e. The lowest BCUT2D eigenvalue weighted by atomic mass is 9.89. The van der Waals surface area contributed by atoms with Crippen molar-refractivity contribution < 1.29 is 9.47 Å². The van der Waals surface area contributed by atoms with Gasteiger partial charge < -0.3 is 15.2 Å².